The Balaban J connectivity index is 1.36. The molecule has 0 aromatic heterocycles. The molecule has 0 spiro atoms. The quantitative estimate of drug-likeness (QED) is 0.530. The third kappa shape index (κ3) is 5.75. The first kappa shape index (κ1) is 22.5. The average Bonchev–Trinajstić information content (AvgIpc) is 2.80. The Morgan fingerprint density at radius 1 is 1.09 bits per heavy atom. The fraction of sp³-hybridized carbons (Fsp3) is 0.200. The molecule has 1 heterocycles. The zero-order valence-electron chi connectivity index (χ0n) is 18.0. The molecule has 7 nitrogen and oxygen atoms in total. The molecule has 2 amide bonds. The summed E-state index contributed by atoms with van der Waals surface area (Å²) in [4.78, 5) is 26.3. The molecule has 0 unspecified atom stereocenters. The Hall–Kier alpha value is -3.71. The van der Waals surface area contributed by atoms with Crippen molar-refractivity contribution in [2.24, 2.45) is 0 Å². The zero-order valence-corrected chi connectivity index (χ0v) is 18.8. The number of carbonyl (C=O) groups excluding carboxylic acids is 2. The van der Waals surface area contributed by atoms with Gasteiger partial charge in [0.25, 0.3) is 11.8 Å². The van der Waals surface area contributed by atoms with Gasteiger partial charge in [-0.05, 0) is 48.9 Å². The number of nitrogens with one attached hydrogen (secondary N) is 1. The number of nitrogens with zero attached hydrogens (tertiary/aromatic N) is 1. The topological polar surface area (TPSA) is 77.1 Å². The first-order valence-electron chi connectivity index (χ1n) is 10.4. The Morgan fingerprint density at radius 2 is 1.94 bits per heavy atom. The molecule has 0 bridgehead atoms. The molecule has 1 aliphatic heterocycles. The second-order valence-electron chi connectivity index (χ2n) is 7.45. The fourth-order valence-electron chi connectivity index (χ4n) is 3.39. The number of para-hydroxylation sites is 1. The van der Waals surface area contributed by atoms with Gasteiger partial charge in [0.1, 0.15) is 23.9 Å². The van der Waals surface area contributed by atoms with E-state index >= 15 is 0 Å². The molecule has 0 radical (unpaired) electrons. The van der Waals surface area contributed by atoms with E-state index in [1.165, 1.54) is 0 Å². The van der Waals surface area contributed by atoms with Gasteiger partial charge in [-0.25, -0.2) is 0 Å². The SMILES string of the molecule is Cc1cccc(OCCN2C(=O)COc3cc(NC(=O)COc4ccccc4Cl)ccc32)c1. The van der Waals surface area contributed by atoms with Crippen LogP contribution in [0.2, 0.25) is 5.02 Å². The Kier molecular flexibility index (Phi) is 7.00. The minimum atomic E-state index is -0.342. The van der Waals surface area contributed by atoms with Gasteiger partial charge < -0.3 is 24.4 Å². The number of amides is 2. The van der Waals surface area contributed by atoms with E-state index in [1.807, 2.05) is 31.2 Å². The predicted molar refractivity (Wildman–Crippen MR) is 127 cm³/mol. The molecule has 0 saturated heterocycles. The summed E-state index contributed by atoms with van der Waals surface area (Å²) in [6.45, 7) is 2.44. The lowest BCUT2D eigenvalue weighted by atomic mass is 10.2. The zero-order chi connectivity index (χ0) is 23.2. The lowest BCUT2D eigenvalue weighted by Gasteiger charge is -2.29. The van der Waals surface area contributed by atoms with E-state index in [1.54, 1.807) is 47.4 Å². The highest BCUT2D eigenvalue weighted by Gasteiger charge is 2.26. The Morgan fingerprint density at radius 3 is 2.76 bits per heavy atom. The van der Waals surface area contributed by atoms with Crippen LogP contribution >= 0.6 is 11.6 Å². The summed E-state index contributed by atoms with van der Waals surface area (Å²) < 4.78 is 16.8. The molecular weight excluding hydrogens is 444 g/mol. The van der Waals surface area contributed by atoms with Crippen molar-refractivity contribution >= 4 is 34.8 Å². The van der Waals surface area contributed by atoms with E-state index in [0.717, 1.165) is 11.3 Å². The minimum absolute atomic E-state index is 0.0789. The van der Waals surface area contributed by atoms with E-state index < -0.39 is 0 Å². The molecule has 8 heteroatoms. The summed E-state index contributed by atoms with van der Waals surface area (Å²) in [5.74, 6) is 1.21. The van der Waals surface area contributed by atoms with Gasteiger partial charge in [0, 0.05) is 11.8 Å². The summed E-state index contributed by atoms with van der Waals surface area (Å²) >= 11 is 6.04. The molecule has 1 N–H and O–H groups in total. The summed E-state index contributed by atoms with van der Waals surface area (Å²) in [6, 6.07) is 19.8. The number of fused-ring (bicyclic) bond motifs is 1. The third-order valence-electron chi connectivity index (χ3n) is 4.96. The first-order chi connectivity index (χ1) is 16.0. The molecule has 0 atom stereocenters. The largest absolute Gasteiger partial charge is 0.492 e. The highest BCUT2D eigenvalue weighted by Crippen LogP contribution is 2.34. The van der Waals surface area contributed by atoms with Crippen LogP contribution in [-0.2, 0) is 9.59 Å². The van der Waals surface area contributed by atoms with Crippen molar-refractivity contribution in [2.45, 2.75) is 6.92 Å². The van der Waals surface area contributed by atoms with Crippen LogP contribution in [0.15, 0.2) is 66.7 Å². The molecule has 3 aromatic carbocycles. The van der Waals surface area contributed by atoms with E-state index in [2.05, 4.69) is 5.32 Å². The van der Waals surface area contributed by atoms with E-state index in [9.17, 15) is 9.59 Å². The number of hydrogen-bond acceptors (Lipinski definition) is 5. The van der Waals surface area contributed by atoms with Gasteiger partial charge in [-0.3, -0.25) is 9.59 Å². The molecule has 0 fully saturated rings. The van der Waals surface area contributed by atoms with Crippen molar-refractivity contribution in [3.8, 4) is 17.2 Å². The molecule has 3 aromatic rings. The molecule has 0 saturated carbocycles. The van der Waals surface area contributed by atoms with Gasteiger partial charge >= 0.3 is 0 Å². The molecule has 4 rings (SSSR count). The van der Waals surface area contributed by atoms with Crippen molar-refractivity contribution < 1.29 is 23.8 Å². The van der Waals surface area contributed by atoms with Crippen molar-refractivity contribution in [1.29, 1.82) is 0 Å². The summed E-state index contributed by atoms with van der Waals surface area (Å²) in [6.07, 6.45) is 0. The number of halogens is 1. The maximum Gasteiger partial charge on any atom is 0.265 e. The summed E-state index contributed by atoms with van der Waals surface area (Å²) in [5, 5.41) is 3.20. The van der Waals surface area contributed by atoms with Crippen LogP contribution in [0.3, 0.4) is 0 Å². The highest BCUT2D eigenvalue weighted by atomic mass is 35.5. The normalized spacial score (nSPS) is 12.5. The van der Waals surface area contributed by atoms with E-state index in [-0.39, 0.29) is 25.0 Å². The van der Waals surface area contributed by atoms with Gasteiger partial charge in [-0.2, -0.15) is 0 Å². The maximum atomic E-state index is 12.4. The molecular formula is C25H23ClN2O5. The van der Waals surface area contributed by atoms with Crippen molar-refractivity contribution in [1.82, 2.24) is 0 Å². The number of aryl methyl sites for hydroxylation is 1. The van der Waals surface area contributed by atoms with Gasteiger partial charge in [0.2, 0.25) is 0 Å². The van der Waals surface area contributed by atoms with Gasteiger partial charge in [0.15, 0.2) is 13.2 Å². The number of carbonyl (C=O) groups is 2. The standard InChI is InChI=1S/C25H23ClN2O5/c1-17-5-4-6-19(13-17)31-12-11-28-21-10-9-18(14-23(21)33-16-25(28)30)27-24(29)15-32-22-8-3-2-7-20(22)26/h2-10,13-14H,11-12,15-16H2,1H3,(H,27,29). The number of benzene rings is 3. The number of ether oxygens (including phenoxy) is 3. The summed E-state index contributed by atoms with van der Waals surface area (Å²) in [5.41, 5.74) is 2.27. The van der Waals surface area contributed by atoms with E-state index in [0.29, 0.717) is 41.0 Å². The Labute approximate surface area is 196 Å². The van der Waals surface area contributed by atoms with Crippen LogP contribution in [0, 0.1) is 6.92 Å². The summed E-state index contributed by atoms with van der Waals surface area (Å²) in [7, 11) is 0. The second kappa shape index (κ2) is 10.3. The van der Waals surface area contributed by atoms with Gasteiger partial charge in [-0.15, -0.1) is 0 Å². The van der Waals surface area contributed by atoms with Crippen molar-refractivity contribution in [3.05, 3.63) is 77.3 Å². The highest BCUT2D eigenvalue weighted by molar-refractivity contribution is 6.32. The predicted octanol–water partition coefficient (Wildman–Crippen LogP) is 4.47. The van der Waals surface area contributed by atoms with Gasteiger partial charge in [0.05, 0.1) is 17.3 Å². The smallest absolute Gasteiger partial charge is 0.265 e. The number of hydrogen-bond donors (Lipinski definition) is 1. The number of anilines is 2. The first-order valence-corrected chi connectivity index (χ1v) is 10.8. The van der Waals surface area contributed by atoms with Crippen LogP contribution in [0.4, 0.5) is 11.4 Å². The monoisotopic (exact) mass is 466 g/mol. The van der Waals surface area contributed by atoms with Crippen molar-refractivity contribution in [2.75, 3.05) is 36.6 Å². The van der Waals surface area contributed by atoms with Crippen LogP contribution in [0.25, 0.3) is 0 Å². The van der Waals surface area contributed by atoms with Gasteiger partial charge in [-0.1, -0.05) is 35.9 Å². The minimum Gasteiger partial charge on any atom is -0.492 e. The maximum absolute atomic E-state index is 12.4. The van der Waals surface area contributed by atoms with Crippen LogP contribution in [0.5, 0.6) is 17.2 Å². The van der Waals surface area contributed by atoms with Crippen LogP contribution < -0.4 is 24.4 Å². The number of rotatable bonds is 8. The van der Waals surface area contributed by atoms with Crippen molar-refractivity contribution in [3.63, 3.8) is 0 Å². The average molecular weight is 467 g/mol. The fourth-order valence-corrected chi connectivity index (χ4v) is 3.58. The van der Waals surface area contributed by atoms with Crippen LogP contribution in [0.1, 0.15) is 5.56 Å². The third-order valence-corrected chi connectivity index (χ3v) is 5.27. The molecule has 170 valence electrons. The second-order valence-corrected chi connectivity index (χ2v) is 7.86. The van der Waals surface area contributed by atoms with Crippen LogP contribution in [-0.4, -0.2) is 38.2 Å². The lowest BCUT2D eigenvalue weighted by molar-refractivity contribution is -0.121. The lowest BCUT2D eigenvalue weighted by Crippen LogP contribution is -2.41. The molecule has 1 aliphatic rings. The molecule has 0 aliphatic carbocycles. The molecule has 33 heavy (non-hydrogen) atoms. The Bertz CT molecular complexity index is 1170. The van der Waals surface area contributed by atoms with E-state index in [4.69, 9.17) is 25.8 Å².